The van der Waals surface area contributed by atoms with Crippen LogP contribution in [0.5, 0.6) is 5.75 Å². The number of anilines is 1. The van der Waals surface area contributed by atoms with Crippen molar-refractivity contribution in [2.24, 2.45) is 11.7 Å². The topological polar surface area (TPSA) is 77.2 Å². The number of carbonyl (C=O) groups is 1. The Kier molecular flexibility index (Phi) is 11.3. The van der Waals surface area contributed by atoms with Crippen molar-refractivity contribution >= 4 is 48.0 Å². The average Bonchev–Trinajstić information content (AvgIpc) is 2.54. The van der Waals surface area contributed by atoms with Crippen molar-refractivity contribution in [3.63, 3.8) is 0 Å². The first-order valence-corrected chi connectivity index (χ1v) is 8.22. The lowest BCUT2D eigenvalue weighted by molar-refractivity contribution is -0.117. The lowest BCUT2D eigenvalue weighted by Gasteiger charge is -2.15. The van der Waals surface area contributed by atoms with E-state index in [0.29, 0.717) is 35.4 Å². The van der Waals surface area contributed by atoms with Gasteiger partial charge >= 0.3 is 0 Å². The number of rotatable bonds is 7. The maximum Gasteiger partial charge on any atom is 0.241 e. The monoisotopic (exact) mass is 419 g/mol. The number of nitrogens with two attached hydrogens (primary N) is 1. The van der Waals surface area contributed by atoms with Crippen LogP contribution in [0.4, 0.5) is 5.69 Å². The van der Waals surface area contributed by atoms with Crippen molar-refractivity contribution in [3.8, 4) is 5.75 Å². The minimum absolute atomic E-state index is 0. The number of ether oxygens (including phenoxy) is 1. The largest absolute Gasteiger partial charge is 0.486 e. The molecule has 0 aliphatic heterocycles. The first kappa shape index (κ1) is 24.5. The fourth-order valence-electron chi connectivity index (χ4n) is 2.18. The molecular weight excluding hydrogens is 397 g/mol. The number of halogens is 3. The van der Waals surface area contributed by atoms with Gasteiger partial charge in [0, 0.05) is 11.9 Å². The highest BCUT2D eigenvalue weighted by Gasteiger charge is 2.15. The number of pyridine rings is 1. The average molecular weight is 421 g/mol. The van der Waals surface area contributed by atoms with Crippen molar-refractivity contribution in [2.75, 3.05) is 5.32 Å². The number of nitrogens with one attached hydrogen (secondary N) is 1. The fraction of sp³-hybridized carbons (Fsp3) is 0.333. The van der Waals surface area contributed by atoms with E-state index in [1.807, 2.05) is 32.0 Å². The second-order valence-electron chi connectivity index (χ2n) is 5.98. The Morgan fingerprint density at radius 3 is 2.58 bits per heavy atom. The molecule has 0 spiro atoms. The van der Waals surface area contributed by atoms with Crippen LogP contribution in [0.2, 0.25) is 5.02 Å². The summed E-state index contributed by atoms with van der Waals surface area (Å²) >= 11 is 6.22. The summed E-state index contributed by atoms with van der Waals surface area (Å²) in [6.07, 6.45) is 2.34. The zero-order valence-corrected chi connectivity index (χ0v) is 17.0. The van der Waals surface area contributed by atoms with Gasteiger partial charge in [-0.25, -0.2) is 0 Å². The molecule has 1 aromatic heterocycles. The number of carbonyl (C=O) groups excluding carboxylic acids is 1. The first-order valence-electron chi connectivity index (χ1n) is 7.84. The van der Waals surface area contributed by atoms with Crippen molar-refractivity contribution in [2.45, 2.75) is 32.9 Å². The van der Waals surface area contributed by atoms with Gasteiger partial charge in [-0.3, -0.25) is 9.78 Å². The normalized spacial score (nSPS) is 11.1. The minimum Gasteiger partial charge on any atom is -0.486 e. The van der Waals surface area contributed by atoms with Gasteiger partial charge in [0.25, 0.3) is 0 Å². The third kappa shape index (κ3) is 7.79. The van der Waals surface area contributed by atoms with E-state index in [1.165, 1.54) is 0 Å². The molecule has 0 fully saturated rings. The van der Waals surface area contributed by atoms with Gasteiger partial charge in [-0.05, 0) is 42.7 Å². The van der Waals surface area contributed by atoms with Crippen LogP contribution in [0.25, 0.3) is 0 Å². The van der Waals surface area contributed by atoms with E-state index in [0.717, 1.165) is 5.69 Å². The van der Waals surface area contributed by atoms with E-state index >= 15 is 0 Å². The molecule has 144 valence electrons. The second kappa shape index (κ2) is 12.0. The molecule has 1 aromatic carbocycles. The van der Waals surface area contributed by atoms with Crippen LogP contribution < -0.4 is 15.8 Å². The van der Waals surface area contributed by atoms with Crippen molar-refractivity contribution < 1.29 is 9.53 Å². The number of nitrogens with zero attached hydrogens (tertiary/aromatic N) is 1. The Morgan fingerprint density at radius 1 is 1.27 bits per heavy atom. The number of benzene rings is 1. The molecule has 1 atom stereocenters. The maximum absolute atomic E-state index is 12.0. The molecule has 0 unspecified atom stereocenters. The Morgan fingerprint density at radius 2 is 2.00 bits per heavy atom. The van der Waals surface area contributed by atoms with Crippen molar-refractivity contribution in [1.82, 2.24) is 4.98 Å². The molecule has 0 bridgehead atoms. The lowest BCUT2D eigenvalue weighted by Crippen LogP contribution is -2.36. The highest BCUT2D eigenvalue weighted by molar-refractivity contribution is 6.32. The standard InChI is InChI=1S/C18H22ClN3O2.2ClH/c1-12(2)9-16(20)18(23)22-13-6-7-17(15(19)10-13)24-11-14-5-3-4-8-21-14;;/h3-8,10,12,16H,9,11,20H2,1-2H3,(H,22,23);2*1H/t16-;;/m0../s1. The summed E-state index contributed by atoms with van der Waals surface area (Å²) in [6, 6.07) is 10.2. The van der Waals surface area contributed by atoms with Gasteiger partial charge in [0.2, 0.25) is 5.91 Å². The Labute approximate surface area is 171 Å². The molecule has 8 heteroatoms. The van der Waals surface area contributed by atoms with Gasteiger partial charge in [-0.15, -0.1) is 24.8 Å². The van der Waals surface area contributed by atoms with Crippen molar-refractivity contribution in [3.05, 3.63) is 53.3 Å². The molecule has 1 heterocycles. The van der Waals surface area contributed by atoms with Gasteiger partial charge in [-0.1, -0.05) is 31.5 Å². The van der Waals surface area contributed by atoms with Gasteiger partial charge in [0.1, 0.15) is 12.4 Å². The van der Waals surface area contributed by atoms with Crippen molar-refractivity contribution in [1.29, 1.82) is 0 Å². The summed E-state index contributed by atoms with van der Waals surface area (Å²) in [5.41, 5.74) is 7.27. The fourth-order valence-corrected chi connectivity index (χ4v) is 2.42. The summed E-state index contributed by atoms with van der Waals surface area (Å²) in [7, 11) is 0. The Balaban J connectivity index is 0.00000312. The molecule has 26 heavy (non-hydrogen) atoms. The van der Waals surface area contributed by atoms with E-state index in [9.17, 15) is 4.79 Å². The summed E-state index contributed by atoms with van der Waals surface area (Å²) in [5.74, 6) is 0.672. The van der Waals surface area contributed by atoms with Crippen LogP contribution >= 0.6 is 36.4 Å². The summed E-state index contributed by atoms with van der Waals surface area (Å²) in [5, 5.41) is 3.19. The molecule has 0 saturated heterocycles. The molecule has 2 aromatic rings. The third-order valence-electron chi connectivity index (χ3n) is 3.36. The minimum atomic E-state index is -0.538. The quantitative estimate of drug-likeness (QED) is 0.693. The number of hydrogen-bond acceptors (Lipinski definition) is 4. The van der Waals surface area contributed by atoms with E-state index in [1.54, 1.807) is 24.4 Å². The molecule has 5 nitrogen and oxygen atoms in total. The highest BCUT2D eigenvalue weighted by Crippen LogP contribution is 2.28. The smallest absolute Gasteiger partial charge is 0.241 e. The van der Waals surface area contributed by atoms with Gasteiger partial charge in [0.05, 0.1) is 16.8 Å². The van der Waals surface area contributed by atoms with E-state index in [2.05, 4.69) is 10.3 Å². The number of amides is 1. The van der Waals surface area contributed by atoms with Crippen LogP contribution in [0.15, 0.2) is 42.6 Å². The maximum atomic E-state index is 12.0. The van der Waals surface area contributed by atoms with E-state index in [4.69, 9.17) is 22.1 Å². The molecule has 1 amide bonds. The molecule has 3 N–H and O–H groups in total. The van der Waals surface area contributed by atoms with E-state index < -0.39 is 6.04 Å². The van der Waals surface area contributed by atoms with Gasteiger partial charge in [-0.2, -0.15) is 0 Å². The van der Waals surface area contributed by atoms with Crippen LogP contribution in [0.1, 0.15) is 26.0 Å². The molecule has 0 saturated carbocycles. The Bertz CT molecular complexity index is 685. The molecule has 2 rings (SSSR count). The lowest BCUT2D eigenvalue weighted by atomic mass is 10.0. The third-order valence-corrected chi connectivity index (χ3v) is 3.66. The summed E-state index contributed by atoms with van der Waals surface area (Å²) < 4.78 is 5.65. The van der Waals surface area contributed by atoms with Crippen LogP contribution in [-0.2, 0) is 11.4 Å². The molecule has 0 aliphatic carbocycles. The molecule has 0 radical (unpaired) electrons. The Hall–Kier alpha value is -1.53. The first-order chi connectivity index (χ1) is 11.5. The highest BCUT2D eigenvalue weighted by atomic mass is 35.5. The summed E-state index contributed by atoms with van der Waals surface area (Å²) in [4.78, 5) is 16.2. The van der Waals surface area contributed by atoms with Crippen LogP contribution in [-0.4, -0.2) is 16.9 Å². The van der Waals surface area contributed by atoms with Crippen LogP contribution in [0.3, 0.4) is 0 Å². The zero-order valence-electron chi connectivity index (χ0n) is 14.6. The zero-order chi connectivity index (χ0) is 17.5. The second-order valence-corrected chi connectivity index (χ2v) is 6.39. The van der Waals surface area contributed by atoms with Gasteiger partial charge in [0.15, 0.2) is 0 Å². The predicted molar refractivity (Wildman–Crippen MR) is 111 cm³/mol. The molecular formula is C18H24Cl3N3O2. The predicted octanol–water partition coefficient (Wildman–Crippen LogP) is 4.47. The van der Waals surface area contributed by atoms with Gasteiger partial charge < -0.3 is 15.8 Å². The van der Waals surface area contributed by atoms with Crippen LogP contribution in [0, 0.1) is 5.92 Å². The molecule has 0 aliphatic rings. The number of hydrogen-bond donors (Lipinski definition) is 2. The summed E-state index contributed by atoms with van der Waals surface area (Å²) in [6.45, 7) is 4.38. The van der Waals surface area contributed by atoms with E-state index in [-0.39, 0.29) is 30.7 Å². The number of aromatic nitrogens is 1. The SMILES string of the molecule is CC(C)C[C@H](N)C(=O)Nc1ccc(OCc2ccccn2)c(Cl)c1.Cl.Cl.